The Bertz CT molecular complexity index is 1410. The van der Waals surface area contributed by atoms with E-state index in [4.69, 9.17) is 0 Å². The molecule has 3 amide bonds. The lowest BCUT2D eigenvalue weighted by Crippen LogP contribution is -2.56. The number of rotatable bonds is 6. The van der Waals surface area contributed by atoms with Gasteiger partial charge in [-0.1, -0.05) is 48.0 Å². The van der Waals surface area contributed by atoms with Crippen molar-refractivity contribution < 1.29 is 23.2 Å². The van der Waals surface area contributed by atoms with Crippen LogP contribution in [0.15, 0.2) is 72.8 Å². The number of benzene rings is 3. The molecule has 4 unspecified atom stereocenters. The number of ketones is 1. The van der Waals surface area contributed by atoms with E-state index >= 15 is 0 Å². The molecule has 2 aliphatic rings. The van der Waals surface area contributed by atoms with Crippen LogP contribution < -0.4 is 10.6 Å². The SMILES string of the molecule is CCNC(=O)N1C(C(=O)N2CCNCC2)C(c2ccc(F)cc2)C(C(=O)c2cccc(C)c2)C1c1ccc(F)cc1. The second kappa shape index (κ2) is 12.2. The zero-order valence-electron chi connectivity index (χ0n) is 23.1. The summed E-state index contributed by atoms with van der Waals surface area (Å²) in [7, 11) is 0. The predicted molar refractivity (Wildman–Crippen MR) is 151 cm³/mol. The summed E-state index contributed by atoms with van der Waals surface area (Å²) in [4.78, 5) is 46.0. The van der Waals surface area contributed by atoms with Gasteiger partial charge < -0.3 is 20.4 Å². The van der Waals surface area contributed by atoms with Crippen molar-refractivity contribution in [3.63, 3.8) is 0 Å². The molecule has 4 atom stereocenters. The van der Waals surface area contributed by atoms with E-state index in [0.717, 1.165) is 5.56 Å². The largest absolute Gasteiger partial charge is 0.338 e. The van der Waals surface area contributed by atoms with Crippen LogP contribution in [0.25, 0.3) is 0 Å². The molecule has 2 saturated heterocycles. The Morgan fingerprint density at radius 3 is 2.10 bits per heavy atom. The summed E-state index contributed by atoms with van der Waals surface area (Å²) in [5.41, 5.74) is 2.44. The minimum absolute atomic E-state index is 0.248. The van der Waals surface area contributed by atoms with Crippen molar-refractivity contribution >= 4 is 17.7 Å². The Kier molecular flexibility index (Phi) is 8.44. The molecule has 2 fully saturated rings. The summed E-state index contributed by atoms with van der Waals surface area (Å²) in [6, 6.07) is 16.2. The fourth-order valence-electron chi connectivity index (χ4n) is 6.15. The average Bonchev–Trinajstić information content (AvgIpc) is 3.34. The molecule has 9 heteroatoms. The van der Waals surface area contributed by atoms with Crippen LogP contribution in [0.1, 0.15) is 45.9 Å². The maximum absolute atomic E-state index is 14.5. The average molecular weight is 561 g/mol. The maximum Gasteiger partial charge on any atom is 0.318 e. The van der Waals surface area contributed by atoms with Crippen LogP contribution in [0.5, 0.6) is 0 Å². The van der Waals surface area contributed by atoms with E-state index in [1.807, 2.05) is 13.0 Å². The summed E-state index contributed by atoms with van der Waals surface area (Å²) in [5, 5.41) is 6.07. The van der Waals surface area contributed by atoms with Crippen molar-refractivity contribution in [2.75, 3.05) is 32.7 Å². The van der Waals surface area contributed by atoms with Crippen LogP contribution in [0.3, 0.4) is 0 Å². The molecule has 2 aliphatic heterocycles. The van der Waals surface area contributed by atoms with Gasteiger partial charge in [0.15, 0.2) is 5.78 Å². The van der Waals surface area contributed by atoms with Gasteiger partial charge in [-0.25, -0.2) is 13.6 Å². The number of amides is 3. The molecule has 0 aromatic heterocycles. The number of halogens is 2. The molecule has 3 aromatic carbocycles. The lowest BCUT2D eigenvalue weighted by atomic mass is 9.75. The van der Waals surface area contributed by atoms with Crippen molar-refractivity contribution in [1.82, 2.24) is 20.4 Å². The zero-order chi connectivity index (χ0) is 29.1. The van der Waals surface area contributed by atoms with Gasteiger partial charge in [0.2, 0.25) is 5.91 Å². The third-order valence-electron chi connectivity index (χ3n) is 7.98. The van der Waals surface area contributed by atoms with Gasteiger partial charge in [0.1, 0.15) is 17.7 Å². The first kappa shape index (κ1) is 28.4. The molecule has 3 aromatic rings. The van der Waals surface area contributed by atoms with Crippen molar-refractivity contribution in [2.24, 2.45) is 5.92 Å². The molecule has 7 nitrogen and oxygen atoms in total. The maximum atomic E-state index is 14.5. The molecule has 0 radical (unpaired) electrons. The number of hydrogen-bond acceptors (Lipinski definition) is 4. The highest BCUT2D eigenvalue weighted by Gasteiger charge is 2.58. The van der Waals surface area contributed by atoms with E-state index in [-0.39, 0.29) is 11.7 Å². The number of nitrogens with one attached hydrogen (secondary N) is 2. The van der Waals surface area contributed by atoms with Gasteiger partial charge in [-0.2, -0.15) is 0 Å². The number of Topliss-reactive ketones (excluding diaryl/α,β-unsaturated/α-hetero) is 1. The molecule has 0 saturated carbocycles. The number of aryl methyl sites for hydroxylation is 1. The minimum Gasteiger partial charge on any atom is -0.338 e. The summed E-state index contributed by atoms with van der Waals surface area (Å²) >= 11 is 0. The second-order valence-electron chi connectivity index (χ2n) is 10.6. The lowest BCUT2D eigenvalue weighted by molar-refractivity contribution is -0.136. The molecule has 0 bridgehead atoms. The third kappa shape index (κ3) is 5.72. The van der Waals surface area contributed by atoms with Crippen molar-refractivity contribution in [3.8, 4) is 0 Å². The standard InChI is InChI=1S/C32H34F2N4O3/c1-3-36-32(41)38-28(22-9-13-25(34)14-10-22)27(30(39)23-6-4-5-20(2)19-23)26(21-7-11-24(33)12-8-21)29(38)31(40)37-17-15-35-16-18-37/h4-14,19,26-29,35H,3,15-18H2,1-2H3,(H,36,41). The van der Waals surface area contributed by atoms with Crippen LogP contribution in [-0.2, 0) is 4.79 Å². The first-order valence-corrected chi connectivity index (χ1v) is 14.0. The highest BCUT2D eigenvalue weighted by atomic mass is 19.1. The minimum atomic E-state index is -1.06. The lowest BCUT2D eigenvalue weighted by Gasteiger charge is -2.36. The Hall–Kier alpha value is -4.11. The predicted octanol–water partition coefficient (Wildman–Crippen LogP) is 4.44. The van der Waals surface area contributed by atoms with Gasteiger partial charge in [-0.05, 0) is 55.3 Å². The van der Waals surface area contributed by atoms with Crippen LogP contribution >= 0.6 is 0 Å². The molecule has 214 valence electrons. The van der Waals surface area contributed by atoms with Crippen LogP contribution in [0, 0.1) is 24.5 Å². The normalized spacial score (nSPS) is 22.4. The monoisotopic (exact) mass is 560 g/mol. The van der Waals surface area contributed by atoms with E-state index in [1.54, 1.807) is 54.3 Å². The fraction of sp³-hybridized carbons (Fsp3) is 0.344. The Morgan fingerprint density at radius 2 is 1.51 bits per heavy atom. The number of piperazine rings is 1. The van der Waals surface area contributed by atoms with Gasteiger partial charge >= 0.3 is 6.03 Å². The van der Waals surface area contributed by atoms with Crippen molar-refractivity contribution in [2.45, 2.75) is 31.8 Å². The summed E-state index contributed by atoms with van der Waals surface area (Å²) in [6.07, 6.45) is 0. The molecule has 2 heterocycles. The first-order valence-electron chi connectivity index (χ1n) is 14.0. The van der Waals surface area contributed by atoms with Gasteiger partial charge in [-0.3, -0.25) is 9.59 Å². The molecule has 2 N–H and O–H groups in total. The van der Waals surface area contributed by atoms with Crippen molar-refractivity contribution in [3.05, 3.63) is 107 Å². The van der Waals surface area contributed by atoms with Gasteiger partial charge in [0.05, 0.1) is 12.0 Å². The Balaban J connectivity index is 1.75. The summed E-state index contributed by atoms with van der Waals surface area (Å²) < 4.78 is 28.2. The van der Waals surface area contributed by atoms with Crippen LogP contribution in [-0.4, -0.2) is 66.3 Å². The van der Waals surface area contributed by atoms with Gasteiger partial charge in [0, 0.05) is 44.2 Å². The van der Waals surface area contributed by atoms with E-state index < -0.39 is 41.6 Å². The molecule has 5 rings (SSSR count). The van der Waals surface area contributed by atoms with Crippen LogP contribution in [0.4, 0.5) is 13.6 Å². The first-order chi connectivity index (χ1) is 19.8. The zero-order valence-corrected chi connectivity index (χ0v) is 23.1. The highest BCUT2D eigenvalue weighted by Crippen LogP contribution is 2.51. The van der Waals surface area contributed by atoms with E-state index in [1.165, 1.54) is 29.2 Å². The smallest absolute Gasteiger partial charge is 0.318 e. The number of nitrogens with zero attached hydrogens (tertiary/aromatic N) is 2. The number of carbonyl (C=O) groups excluding carboxylic acids is 3. The topological polar surface area (TPSA) is 81.8 Å². The molecule has 0 aliphatic carbocycles. The molecular formula is C32H34F2N4O3. The van der Waals surface area contributed by atoms with Gasteiger partial charge in [-0.15, -0.1) is 0 Å². The summed E-state index contributed by atoms with van der Waals surface area (Å²) in [6.45, 7) is 6.08. The third-order valence-corrected chi connectivity index (χ3v) is 7.98. The molecular weight excluding hydrogens is 526 g/mol. The second-order valence-corrected chi connectivity index (χ2v) is 10.6. The molecule has 41 heavy (non-hydrogen) atoms. The van der Waals surface area contributed by atoms with E-state index in [9.17, 15) is 23.2 Å². The van der Waals surface area contributed by atoms with Crippen LogP contribution in [0.2, 0.25) is 0 Å². The molecule has 0 spiro atoms. The number of carbonyl (C=O) groups is 3. The Labute approximate surface area is 238 Å². The van der Waals surface area contributed by atoms with Crippen molar-refractivity contribution in [1.29, 1.82) is 0 Å². The highest BCUT2D eigenvalue weighted by molar-refractivity contribution is 6.02. The Morgan fingerprint density at radius 1 is 0.902 bits per heavy atom. The number of hydrogen-bond donors (Lipinski definition) is 2. The van der Waals surface area contributed by atoms with Gasteiger partial charge in [0.25, 0.3) is 0 Å². The summed E-state index contributed by atoms with van der Waals surface area (Å²) in [5.74, 6) is -3.13. The fourth-order valence-corrected chi connectivity index (χ4v) is 6.15. The number of urea groups is 1. The van der Waals surface area contributed by atoms with E-state index in [2.05, 4.69) is 10.6 Å². The quantitative estimate of drug-likeness (QED) is 0.437. The van der Waals surface area contributed by atoms with E-state index in [0.29, 0.717) is 49.4 Å². The number of likely N-dealkylation sites (tertiary alicyclic amines) is 1.